The monoisotopic (exact) mass is 1050 g/mol. The number of amides is 5. The van der Waals surface area contributed by atoms with Crippen molar-refractivity contribution in [2.45, 2.75) is 116 Å². The van der Waals surface area contributed by atoms with Gasteiger partial charge in [-0.05, 0) is 123 Å². The minimum absolute atomic E-state index is 0.0806. The molecule has 0 fully saturated rings. The summed E-state index contributed by atoms with van der Waals surface area (Å²) in [5.41, 5.74) is 24.1. The fourth-order valence-corrected chi connectivity index (χ4v) is 11.0. The van der Waals surface area contributed by atoms with Crippen LogP contribution in [0.3, 0.4) is 0 Å². The Morgan fingerprint density at radius 2 is 1.74 bits per heavy atom. The number of nitrogens with two attached hydrogens (primary N) is 1. The molecule has 2 aromatic carbocycles. The summed E-state index contributed by atoms with van der Waals surface area (Å²) in [4.78, 5) is 91.0. The number of rotatable bonds is 20. The van der Waals surface area contributed by atoms with E-state index in [0.29, 0.717) is 31.6 Å². The van der Waals surface area contributed by atoms with Crippen molar-refractivity contribution in [1.82, 2.24) is 36.3 Å². The average molecular weight is 1050 g/mol. The van der Waals surface area contributed by atoms with Crippen molar-refractivity contribution in [3.63, 3.8) is 0 Å². The Labute approximate surface area is 443 Å². The molecule has 3 aliphatic carbocycles. The first kappa shape index (κ1) is 55.4. The molecule has 8 N–H and O–H groups in total. The quantitative estimate of drug-likeness (QED) is 0.0244. The van der Waals surface area contributed by atoms with Crippen LogP contribution in [0.4, 0.5) is 0 Å². The summed E-state index contributed by atoms with van der Waals surface area (Å²) in [5, 5.41) is 42.2. The van der Waals surface area contributed by atoms with Crippen LogP contribution in [0.15, 0.2) is 98.0 Å². The van der Waals surface area contributed by atoms with E-state index < -0.39 is 79.0 Å². The molecular formula is C55H59N11O9S. The summed E-state index contributed by atoms with van der Waals surface area (Å²) in [6.45, 7) is 8.38. The number of primary amides is 1. The lowest BCUT2D eigenvalue weighted by Gasteiger charge is -2.36. The second kappa shape index (κ2) is 25.7. The van der Waals surface area contributed by atoms with Crippen molar-refractivity contribution in [3.8, 4) is 23.7 Å². The normalized spacial score (nSPS) is 18.6. The Kier molecular flexibility index (Phi) is 18.7. The van der Waals surface area contributed by atoms with Gasteiger partial charge in [0, 0.05) is 61.2 Å². The van der Waals surface area contributed by atoms with Crippen LogP contribution in [0.1, 0.15) is 94.9 Å². The molecule has 5 amide bonds. The molecule has 0 saturated carbocycles. The molecule has 1 aromatic heterocycles. The van der Waals surface area contributed by atoms with Crippen LogP contribution in [0, 0.1) is 35.5 Å². The number of hydrogen-bond acceptors (Lipinski definition) is 11. The third-order valence-electron chi connectivity index (χ3n) is 13.4. The molecule has 0 bridgehead atoms. The van der Waals surface area contributed by atoms with Crippen molar-refractivity contribution < 1.29 is 43.8 Å². The smallest absolute Gasteiger partial charge is 0.305 e. The molecule has 0 radical (unpaired) electrons. The number of nitrogens with zero attached hydrogens (tertiary/aromatic N) is 6. The van der Waals surface area contributed by atoms with Crippen molar-refractivity contribution in [2.75, 3.05) is 13.1 Å². The summed E-state index contributed by atoms with van der Waals surface area (Å²) in [6.07, 6.45) is 7.56. The molecule has 4 aliphatic rings. The van der Waals surface area contributed by atoms with E-state index in [-0.39, 0.29) is 31.1 Å². The summed E-state index contributed by atoms with van der Waals surface area (Å²) in [5.74, 6) is 6.69. The number of azide groups is 1. The number of benzene rings is 2. The second-order valence-electron chi connectivity index (χ2n) is 18.9. The van der Waals surface area contributed by atoms with Gasteiger partial charge >= 0.3 is 11.9 Å². The number of nitrogens with one attached hydrogen (secondary N) is 4. The lowest BCUT2D eigenvalue weighted by molar-refractivity contribution is -0.141. The van der Waals surface area contributed by atoms with Crippen LogP contribution in [0.2, 0.25) is 0 Å². The van der Waals surface area contributed by atoms with Crippen molar-refractivity contribution in [3.05, 3.63) is 120 Å². The van der Waals surface area contributed by atoms with Gasteiger partial charge in [-0.2, -0.15) is 0 Å². The maximum atomic E-state index is 13.0. The molecule has 3 aromatic rings. The Hall–Kier alpha value is -8.39. The van der Waals surface area contributed by atoms with Crippen molar-refractivity contribution in [1.29, 1.82) is 0 Å². The Bertz CT molecular complexity index is 3190. The van der Waals surface area contributed by atoms with E-state index in [1.807, 2.05) is 11.8 Å². The fourth-order valence-electron chi connectivity index (χ4n) is 9.64. The van der Waals surface area contributed by atoms with Gasteiger partial charge in [-0.1, -0.05) is 89.8 Å². The van der Waals surface area contributed by atoms with Gasteiger partial charge in [0.2, 0.25) is 29.5 Å². The summed E-state index contributed by atoms with van der Waals surface area (Å²) in [7, 11) is 0. The van der Waals surface area contributed by atoms with Gasteiger partial charge in [-0.25, -0.2) is 0 Å². The summed E-state index contributed by atoms with van der Waals surface area (Å²) >= 11 is 1.88. The van der Waals surface area contributed by atoms with E-state index in [1.165, 1.54) is 60.9 Å². The number of carbonyl (C=O) groups is 7. The topological polar surface area (TPSA) is 314 Å². The molecule has 2 heterocycles. The summed E-state index contributed by atoms with van der Waals surface area (Å²) < 4.78 is 1.63. The van der Waals surface area contributed by atoms with E-state index in [4.69, 9.17) is 23.0 Å². The molecule has 394 valence electrons. The van der Waals surface area contributed by atoms with Gasteiger partial charge in [-0.3, -0.25) is 38.2 Å². The molecular weight excluding hydrogens is 991 g/mol. The van der Waals surface area contributed by atoms with Gasteiger partial charge < -0.3 is 37.2 Å². The third kappa shape index (κ3) is 14.1. The van der Waals surface area contributed by atoms with Crippen molar-refractivity contribution in [2.24, 2.45) is 22.7 Å². The third-order valence-corrected chi connectivity index (χ3v) is 14.7. The Morgan fingerprint density at radius 3 is 2.50 bits per heavy atom. The minimum atomic E-state index is -1.57. The number of aryl methyl sites for hydroxylation is 2. The van der Waals surface area contributed by atoms with Crippen LogP contribution in [-0.2, 0) is 52.9 Å². The van der Waals surface area contributed by atoms with Crippen LogP contribution >= 0.6 is 11.8 Å². The second-order valence-corrected chi connectivity index (χ2v) is 20.1. The highest BCUT2D eigenvalue weighted by atomic mass is 32.2. The van der Waals surface area contributed by atoms with E-state index in [2.05, 4.69) is 115 Å². The van der Waals surface area contributed by atoms with Crippen LogP contribution in [0.5, 0.6) is 0 Å². The number of allylic oxidation sites excluding steroid dienone is 9. The Morgan fingerprint density at radius 1 is 0.947 bits per heavy atom. The molecule has 5 atom stereocenters. The van der Waals surface area contributed by atoms with Gasteiger partial charge in [0.05, 0.1) is 25.2 Å². The van der Waals surface area contributed by atoms with Crippen molar-refractivity contribution >= 4 is 69.6 Å². The number of fused-ring (bicyclic) bond motifs is 3. The predicted octanol–water partition coefficient (Wildman–Crippen LogP) is 5.46. The van der Waals surface area contributed by atoms with Crippen LogP contribution < -0.4 is 27.0 Å². The molecule has 20 nitrogen and oxygen atoms in total. The first-order valence-electron chi connectivity index (χ1n) is 25.1. The number of aliphatic carboxylic acids is 2. The average Bonchev–Trinajstić information content (AvgIpc) is 4.04. The molecule has 21 heteroatoms. The number of thioether (sulfide) groups is 1. The van der Waals surface area contributed by atoms with Crippen LogP contribution in [-0.4, -0.2) is 97.9 Å². The number of carboxylic acids is 2. The first-order valence-corrected chi connectivity index (χ1v) is 25.9. The zero-order valence-electron chi connectivity index (χ0n) is 42.2. The van der Waals surface area contributed by atoms with Gasteiger partial charge in [-0.15, -0.1) is 11.0 Å². The highest BCUT2D eigenvalue weighted by molar-refractivity contribution is 8.06. The molecule has 1 aliphatic heterocycles. The predicted molar refractivity (Wildman–Crippen MR) is 284 cm³/mol. The summed E-state index contributed by atoms with van der Waals surface area (Å²) in [6, 6.07) is 8.97. The number of hydrogen-bond donors (Lipinski definition) is 7. The van der Waals surface area contributed by atoms with E-state index in [9.17, 15) is 38.7 Å². The minimum Gasteiger partial charge on any atom is -0.481 e. The van der Waals surface area contributed by atoms with E-state index in [1.54, 1.807) is 10.9 Å². The van der Waals surface area contributed by atoms with Crippen LogP contribution in [0.25, 0.3) is 26.8 Å². The zero-order valence-corrected chi connectivity index (χ0v) is 43.1. The zero-order chi connectivity index (χ0) is 54.5. The molecule has 0 saturated heterocycles. The maximum Gasteiger partial charge on any atom is 0.305 e. The highest BCUT2D eigenvalue weighted by Crippen LogP contribution is 2.57. The SMILES string of the molecule is C=C1C2=C(CC[C@H]1C#CCCn1cc(CCC(=O)N[C@@H](CC(=O)O)C(=O)NCC(=O)N[C@@H](CCC(=O)O)C(=O)N[C@@H](C)C(N)=O)nn1)SC1=C(C=C(C#CCCN=[N+]=[N-])CC1)/C2=C1\c2c(ccc3ccccc23)CC1C. The standard InChI is InChI=1S/C55H59N11O9S/c1-31-26-37-16-15-36-12-4-5-13-39(36)51(37)49(31)52-40-27-34(10-6-8-24-59-64-57)14-20-43(40)76-44-21-17-35(32(2)50(44)52)11-7-9-25-66-30-38(63-65-66)18-22-45(67)62-42(28-48(71)72)54(74)58-29-46(68)61-41(19-23-47(69)70)55(75)60-33(3)53(56)73/h4-5,12-13,15-16,27,30-31,33,35,41-42H,2,8-9,14,17-26,28-29H2,1,3H3,(H2,56,73)(H,58,74)(H,60,75)(H,61,68)(H,62,67)(H,69,70)(H,71,72)/b52-49+/t31?,33-,35+,41-,42-/m0/s1. The number of aromatic nitrogens is 3. The maximum absolute atomic E-state index is 13.0. The molecule has 7 rings (SSSR count). The molecule has 76 heavy (non-hydrogen) atoms. The first-order chi connectivity index (χ1) is 36.5. The number of carbonyl (C=O) groups excluding carboxylic acids is 5. The number of carboxylic acid groups (broad SMARTS) is 2. The van der Waals surface area contributed by atoms with E-state index >= 15 is 0 Å². The van der Waals surface area contributed by atoms with Gasteiger partial charge in [0.1, 0.15) is 18.1 Å². The molecule has 0 spiro atoms. The Balaban J connectivity index is 0.971. The lowest BCUT2D eigenvalue weighted by atomic mass is 9.74. The van der Waals surface area contributed by atoms with E-state index in [0.717, 1.165) is 43.3 Å². The lowest BCUT2D eigenvalue weighted by Crippen LogP contribution is -2.54. The fraction of sp³-hybridized carbons (Fsp3) is 0.400. The molecule has 1 unspecified atom stereocenters. The van der Waals surface area contributed by atoms with Gasteiger partial charge in [0.15, 0.2) is 0 Å². The van der Waals surface area contributed by atoms with Gasteiger partial charge in [0.25, 0.3) is 0 Å². The largest absolute Gasteiger partial charge is 0.481 e. The highest BCUT2D eigenvalue weighted by Gasteiger charge is 2.39.